The van der Waals surface area contributed by atoms with Crippen LogP contribution in [-0.4, -0.2) is 48.7 Å². The summed E-state index contributed by atoms with van der Waals surface area (Å²) in [7, 11) is 1.30. The number of hydrogen-bond donors (Lipinski definition) is 2. The highest BCUT2D eigenvalue weighted by Gasteiger charge is 2.61. The first-order valence-corrected chi connectivity index (χ1v) is 14.5. The number of anilines is 1. The number of oxazole rings is 1. The third-order valence-electron chi connectivity index (χ3n) is 8.95. The van der Waals surface area contributed by atoms with Crippen molar-refractivity contribution in [3.05, 3.63) is 76.5 Å². The Morgan fingerprint density at radius 1 is 1.14 bits per heavy atom. The van der Waals surface area contributed by atoms with E-state index in [0.29, 0.717) is 31.0 Å². The van der Waals surface area contributed by atoms with Gasteiger partial charge in [-0.3, -0.25) is 9.59 Å². The average Bonchev–Trinajstić information content (AvgIpc) is 3.77. The van der Waals surface area contributed by atoms with Crippen molar-refractivity contribution in [2.24, 2.45) is 11.8 Å². The first-order chi connectivity index (χ1) is 20.3. The molecule has 4 bridgehead atoms. The van der Waals surface area contributed by atoms with Crippen molar-refractivity contribution in [1.82, 2.24) is 10.3 Å². The molecule has 1 spiro atoms. The van der Waals surface area contributed by atoms with Crippen molar-refractivity contribution in [2.75, 3.05) is 19.0 Å². The number of methoxy groups -OCH3 is 1. The Balaban J connectivity index is 1.44. The molecule has 2 unspecified atom stereocenters. The normalized spacial score (nSPS) is 27.2. The number of carbonyl (C=O) groups excluding carboxylic acids is 3. The van der Waals surface area contributed by atoms with Crippen LogP contribution in [0.15, 0.2) is 46.9 Å². The number of amides is 1. The lowest BCUT2D eigenvalue weighted by Crippen LogP contribution is -2.41. The topological polar surface area (TPSA) is 129 Å². The number of fused-ring (bicyclic) bond motifs is 4. The van der Waals surface area contributed by atoms with Crippen molar-refractivity contribution in [2.45, 2.75) is 63.3 Å². The molecule has 2 aromatic carbocycles. The van der Waals surface area contributed by atoms with Crippen LogP contribution in [0.4, 0.5) is 5.69 Å². The number of aromatic nitrogens is 1. The van der Waals surface area contributed by atoms with Gasteiger partial charge in [-0.05, 0) is 48.4 Å². The minimum Gasteiger partial charge on any atom is -0.469 e. The molecule has 4 aliphatic heterocycles. The zero-order valence-corrected chi connectivity index (χ0v) is 23.8. The maximum Gasteiger partial charge on any atom is 0.360 e. The fourth-order valence-electron chi connectivity index (χ4n) is 6.86. The van der Waals surface area contributed by atoms with Crippen LogP contribution in [0.5, 0.6) is 5.75 Å². The molecule has 1 saturated heterocycles. The highest BCUT2D eigenvalue weighted by Crippen LogP contribution is 2.58. The van der Waals surface area contributed by atoms with Crippen molar-refractivity contribution < 1.29 is 33.0 Å². The molecule has 5 atom stereocenters. The molecule has 218 valence electrons. The fraction of sp³-hybridized carbons (Fsp3) is 0.438. The van der Waals surface area contributed by atoms with Gasteiger partial charge in [-0.25, -0.2) is 9.78 Å². The summed E-state index contributed by atoms with van der Waals surface area (Å²) < 4.78 is 23.9. The molecule has 0 radical (unpaired) electrons. The van der Waals surface area contributed by atoms with Crippen LogP contribution in [0.3, 0.4) is 0 Å². The molecule has 10 nitrogen and oxygen atoms in total. The van der Waals surface area contributed by atoms with Gasteiger partial charge in [0.15, 0.2) is 23.5 Å². The smallest absolute Gasteiger partial charge is 0.360 e. The van der Waals surface area contributed by atoms with E-state index in [1.54, 1.807) is 0 Å². The summed E-state index contributed by atoms with van der Waals surface area (Å²) in [6.45, 7) is 4.44. The van der Waals surface area contributed by atoms with E-state index in [1.165, 1.54) is 7.11 Å². The zero-order chi connectivity index (χ0) is 29.2. The number of ether oxygens (including phenoxy) is 3. The highest BCUT2D eigenvalue weighted by molar-refractivity contribution is 5.91. The van der Waals surface area contributed by atoms with Gasteiger partial charge in [0.25, 0.3) is 0 Å². The summed E-state index contributed by atoms with van der Waals surface area (Å²) in [5.41, 5.74) is 2.37. The maximum atomic E-state index is 13.9. The second kappa shape index (κ2) is 9.97. The number of esters is 1. The molecule has 10 heteroatoms. The lowest BCUT2D eigenvalue weighted by atomic mass is 9.72. The van der Waals surface area contributed by atoms with Crippen LogP contribution in [0.25, 0.3) is 0 Å². The second-order valence-corrected chi connectivity index (χ2v) is 11.9. The van der Waals surface area contributed by atoms with Gasteiger partial charge in [-0.2, -0.15) is 0 Å². The van der Waals surface area contributed by atoms with Gasteiger partial charge >= 0.3 is 5.97 Å². The number of hydrogen-bond acceptors (Lipinski definition) is 9. The Kier molecular flexibility index (Phi) is 6.34. The van der Waals surface area contributed by atoms with Crippen molar-refractivity contribution in [1.29, 1.82) is 0 Å². The van der Waals surface area contributed by atoms with Crippen LogP contribution < -0.4 is 15.4 Å². The Hall–Kier alpha value is -4.18. The van der Waals surface area contributed by atoms with E-state index in [1.807, 2.05) is 56.3 Å². The zero-order valence-electron chi connectivity index (χ0n) is 23.8. The monoisotopic (exact) mass is 571 g/mol. The molecule has 0 saturated carbocycles. The highest BCUT2D eigenvalue weighted by atomic mass is 16.5. The average molecular weight is 572 g/mol. The van der Waals surface area contributed by atoms with Gasteiger partial charge in [0.2, 0.25) is 11.8 Å². The third-order valence-corrected chi connectivity index (χ3v) is 8.95. The Morgan fingerprint density at radius 2 is 1.98 bits per heavy atom. The molecule has 4 aliphatic rings. The molecule has 3 aromatic rings. The van der Waals surface area contributed by atoms with E-state index < -0.39 is 35.7 Å². The number of rotatable bonds is 5. The summed E-state index contributed by atoms with van der Waals surface area (Å²) >= 11 is 0. The molecular weight excluding hydrogens is 538 g/mol. The van der Waals surface area contributed by atoms with Crippen molar-refractivity contribution in [3.8, 4) is 5.75 Å². The van der Waals surface area contributed by atoms with Crippen LogP contribution in [-0.2, 0) is 30.9 Å². The van der Waals surface area contributed by atoms with Gasteiger partial charge in [-0.1, -0.05) is 44.2 Å². The predicted molar refractivity (Wildman–Crippen MR) is 150 cm³/mol. The Morgan fingerprint density at radius 3 is 2.74 bits per heavy atom. The standard InChI is InChI=1S/C32H33N3O7/c1-16(2)25-29-35-26(30(38)39-3)27(42-29)32-19-7-4-5-8-21(19)33-31(32)41-23-11-10-17(14-20(23)32)13-18(28(37)34-25)15-22(36)24-9-6-12-40-24/h4-5,7-8,10-11,14,16,18,24-25,31,33H,6,9,12-13,15H2,1-3H3,(H,34,37)/t18?,24-,25+,31+,32?/m1/s1. The largest absolute Gasteiger partial charge is 0.469 e. The van der Waals surface area contributed by atoms with E-state index in [2.05, 4.69) is 15.6 Å². The number of nitrogens with one attached hydrogen (secondary N) is 2. The molecule has 5 heterocycles. The summed E-state index contributed by atoms with van der Waals surface area (Å²) in [6, 6.07) is 13.0. The molecule has 42 heavy (non-hydrogen) atoms. The van der Waals surface area contributed by atoms with E-state index in [-0.39, 0.29) is 35.6 Å². The van der Waals surface area contributed by atoms with Gasteiger partial charge in [-0.15, -0.1) is 0 Å². The first kappa shape index (κ1) is 26.7. The molecular formula is C32H33N3O7. The van der Waals surface area contributed by atoms with Crippen LogP contribution >= 0.6 is 0 Å². The van der Waals surface area contributed by atoms with Gasteiger partial charge in [0.1, 0.15) is 23.3 Å². The number of ketones is 1. The SMILES string of the molecule is COC(=O)c1nc2oc1C13c4ccccc4N[C@H]1Oc1ccc(cc13)CC(CC(=O)[C@H]1CCCO1)C(=O)N[C@H]2C(C)C. The van der Waals surface area contributed by atoms with Crippen LogP contribution in [0, 0.1) is 11.8 Å². The quantitative estimate of drug-likeness (QED) is 0.436. The second-order valence-electron chi connectivity index (χ2n) is 11.9. The summed E-state index contributed by atoms with van der Waals surface area (Å²) in [5, 5.41) is 6.58. The third kappa shape index (κ3) is 3.95. The number of benzene rings is 2. The van der Waals surface area contributed by atoms with E-state index in [0.717, 1.165) is 28.8 Å². The molecule has 1 amide bonds. The summed E-state index contributed by atoms with van der Waals surface area (Å²) in [6.07, 6.45) is 0.809. The molecule has 2 N–H and O–H groups in total. The number of nitrogens with zero attached hydrogens (tertiary/aromatic N) is 1. The fourth-order valence-corrected chi connectivity index (χ4v) is 6.86. The van der Waals surface area contributed by atoms with Crippen molar-refractivity contribution >= 4 is 23.3 Å². The molecule has 7 rings (SSSR count). The first-order valence-electron chi connectivity index (χ1n) is 14.5. The van der Waals surface area contributed by atoms with E-state index in [4.69, 9.17) is 18.6 Å². The molecule has 0 aliphatic carbocycles. The van der Waals surface area contributed by atoms with Gasteiger partial charge in [0, 0.05) is 30.2 Å². The number of carbonyl (C=O) groups is 3. The molecule has 1 aromatic heterocycles. The number of Topliss-reactive ketones (excluding diaryl/α,β-unsaturated/α-hetero) is 1. The Bertz CT molecular complexity index is 1590. The predicted octanol–water partition coefficient (Wildman–Crippen LogP) is 4.06. The summed E-state index contributed by atoms with van der Waals surface area (Å²) in [4.78, 5) is 45.0. The summed E-state index contributed by atoms with van der Waals surface area (Å²) in [5.74, 6) is -0.649. The van der Waals surface area contributed by atoms with Crippen LogP contribution in [0.1, 0.15) is 78.0 Å². The van der Waals surface area contributed by atoms with Crippen LogP contribution in [0.2, 0.25) is 0 Å². The van der Waals surface area contributed by atoms with E-state index >= 15 is 0 Å². The van der Waals surface area contributed by atoms with Gasteiger partial charge < -0.3 is 29.3 Å². The van der Waals surface area contributed by atoms with E-state index in [9.17, 15) is 14.4 Å². The molecule has 1 fully saturated rings. The minimum absolute atomic E-state index is 0.0297. The maximum absolute atomic E-state index is 13.9. The minimum atomic E-state index is -1.05. The number of para-hydroxylation sites is 1. The lowest BCUT2D eigenvalue weighted by Gasteiger charge is -2.28. The Labute approximate surface area is 243 Å². The lowest BCUT2D eigenvalue weighted by molar-refractivity contribution is -0.134. The van der Waals surface area contributed by atoms with Gasteiger partial charge in [0.05, 0.1) is 7.11 Å². The van der Waals surface area contributed by atoms with Crippen molar-refractivity contribution in [3.63, 3.8) is 0 Å².